The summed E-state index contributed by atoms with van der Waals surface area (Å²) in [5.41, 5.74) is 11.5. The molecular weight excluding hydrogens is 496 g/mol. The molecule has 0 radical (unpaired) electrons. The normalized spacial score (nSPS) is 21.3. The van der Waals surface area contributed by atoms with Crippen LogP contribution in [0.25, 0.3) is 28.0 Å². The van der Waals surface area contributed by atoms with Gasteiger partial charge in [-0.05, 0) is 38.7 Å². The highest BCUT2D eigenvalue weighted by atomic mass is 16.3. The van der Waals surface area contributed by atoms with Crippen LogP contribution in [0.3, 0.4) is 0 Å². The number of hydrogen-bond acceptors (Lipinski definition) is 8. The van der Waals surface area contributed by atoms with Gasteiger partial charge in [-0.15, -0.1) is 0 Å². The van der Waals surface area contributed by atoms with Crippen molar-refractivity contribution in [1.29, 1.82) is 0 Å². The highest BCUT2D eigenvalue weighted by Crippen LogP contribution is 2.44. The zero-order valence-electron chi connectivity index (χ0n) is 21.6. The number of Topliss-reactive ketones (excluding diaryl/α,β-unsaturated/α-hetero) is 1. The molecule has 2 aliphatic rings. The summed E-state index contributed by atoms with van der Waals surface area (Å²) >= 11 is 0. The predicted molar refractivity (Wildman–Crippen MR) is 145 cm³/mol. The number of benzene rings is 1. The summed E-state index contributed by atoms with van der Waals surface area (Å²) in [6.45, 7) is 0.872. The van der Waals surface area contributed by atoms with E-state index in [0.29, 0.717) is 29.7 Å². The van der Waals surface area contributed by atoms with Crippen LogP contribution in [-0.4, -0.2) is 71.2 Å². The van der Waals surface area contributed by atoms with E-state index in [1.165, 1.54) is 11.4 Å². The fourth-order valence-corrected chi connectivity index (χ4v) is 6.24. The molecule has 4 N–H and O–H groups in total. The first-order valence-corrected chi connectivity index (χ1v) is 13.2. The molecule has 2 fully saturated rings. The number of anilines is 1. The molecule has 10 nitrogen and oxygen atoms in total. The second-order valence-electron chi connectivity index (χ2n) is 10.4. The maximum Gasteiger partial charge on any atom is 0.254 e. The average Bonchev–Trinajstić information content (AvgIpc) is 3.50. The highest BCUT2D eigenvalue weighted by molar-refractivity contribution is 6.00. The fourth-order valence-electron chi connectivity index (χ4n) is 6.24. The van der Waals surface area contributed by atoms with Crippen molar-refractivity contribution in [2.24, 2.45) is 0 Å². The Balaban J connectivity index is 1.38. The van der Waals surface area contributed by atoms with Crippen molar-refractivity contribution in [2.45, 2.75) is 56.7 Å². The quantitative estimate of drug-likeness (QED) is 0.325. The molecule has 0 aliphatic carbocycles. The Bertz CT molecular complexity index is 1540. The third kappa shape index (κ3) is 4.25. The molecule has 5 heterocycles. The third-order valence-electron chi connectivity index (χ3n) is 8.04. The van der Waals surface area contributed by atoms with Crippen LogP contribution in [0.2, 0.25) is 0 Å². The summed E-state index contributed by atoms with van der Waals surface area (Å²) in [5.74, 6) is -0.485. The lowest BCUT2D eigenvalue weighted by atomic mass is 9.85. The minimum absolute atomic E-state index is 0.0923. The van der Waals surface area contributed by atoms with E-state index in [1.54, 1.807) is 17.3 Å². The molecule has 0 unspecified atom stereocenters. The number of nitrogens with two attached hydrogens (primary N) is 1. The van der Waals surface area contributed by atoms with E-state index in [-0.39, 0.29) is 29.6 Å². The SMILES string of the molecule is CC(=O)c1c([C@@H]2C[C@H]3CC[C@@H](C2)N3C(=O)[C@H](O)CO)nc2c(-c3ccc(-c4ccccc4)nc3)cnn2c1N. The van der Waals surface area contributed by atoms with Crippen LogP contribution in [0.5, 0.6) is 0 Å². The van der Waals surface area contributed by atoms with Gasteiger partial charge in [-0.1, -0.05) is 36.4 Å². The molecule has 4 atom stereocenters. The van der Waals surface area contributed by atoms with Crippen molar-refractivity contribution in [3.63, 3.8) is 0 Å². The van der Waals surface area contributed by atoms with Crippen LogP contribution in [0.4, 0.5) is 5.82 Å². The van der Waals surface area contributed by atoms with Gasteiger partial charge in [0.1, 0.15) is 5.82 Å². The summed E-state index contributed by atoms with van der Waals surface area (Å²) in [7, 11) is 0. The molecule has 1 amide bonds. The number of aliphatic hydroxyl groups is 2. The number of ketones is 1. The van der Waals surface area contributed by atoms with Crippen LogP contribution in [0.15, 0.2) is 54.9 Å². The van der Waals surface area contributed by atoms with Gasteiger partial charge in [-0.3, -0.25) is 14.6 Å². The zero-order valence-corrected chi connectivity index (χ0v) is 21.6. The monoisotopic (exact) mass is 526 g/mol. The Kier molecular flexibility index (Phi) is 6.36. The van der Waals surface area contributed by atoms with Gasteiger partial charge in [-0.25, -0.2) is 4.98 Å². The van der Waals surface area contributed by atoms with Crippen LogP contribution in [0.1, 0.15) is 54.6 Å². The number of rotatable bonds is 6. The molecule has 0 spiro atoms. The number of nitrogen functional groups attached to an aromatic ring is 1. The predicted octanol–water partition coefficient (Wildman–Crippen LogP) is 2.83. The maximum absolute atomic E-state index is 12.8. The lowest BCUT2D eigenvalue weighted by molar-refractivity contribution is -0.147. The van der Waals surface area contributed by atoms with E-state index >= 15 is 0 Å². The molecule has 2 aliphatic heterocycles. The smallest absolute Gasteiger partial charge is 0.254 e. The third-order valence-corrected chi connectivity index (χ3v) is 8.04. The van der Waals surface area contributed by atoms with E-state index in [9.17, 15) is 19.8 Å². The molecule has 6 rings (SSSR count). The molecule has 2 bridgehead atoms. The Morgan fingerprint density at radius 2 is 1.77 bits per heavy atom. The van der Waals surface area contributed by atoms with Crippen LogP contribution < -0.4 is 5.73 Å². The number of fused-ring (bicyclic) bond motifs is 3. The molecule has 2 saturated heterocycles. The van der Waals surface area contributed by atoms with Crippen LogP contribution in [0, 0.1) is 0 Å². The topological polar surface area (TPSA) is 147 Å². The number of carbonyl (C=O) groups excluding carboxylic acids is 2. The maximum atomic E-state index is 12.8. The second-order valence-corrected chi connectivity index (χ2v) is 10.4. The van der Waals surface area contributed by atoms with E-state index in [1.807, 2.05) is 42.5 Å². The summed E-state index contributed by atoms with van der Waals surface area (Å²) in [5, 5.41) is 23.7. The van der Waals surface area contributed by atoms with Gasteiger partial charge < -0.3 is 20.8 Å². The van der Waals surface area contributed by atoms with Crippen molar-refractivity contribution in [2.75, 3.05) is 12.3 Å². The van der Waals surface area contributed by atoms with Crippen molar-refractivity contribution in [3.05, 3.63) is 66.1 Å². The lowest BCUT2D eigenvalue weighted by Gasteiger charge is -2.40. The van der Waals surface area contributed by atoms with Crippen molar-refractivity contribution < 1.29 is 19.8 Å². The number of aliphatic hydroxyl groups excluding tert-OH is 2. The van der Waals surface area contributed by atoms with E-state index in [2.05, 4.69) is 10.1 Å². The molecular formula is C29H30N6O4. The van der Waals surface area contributed by atoms with Gasteiger partial charge in [0, 0.05) is 40.9 Å². The minimum Gasteiger partial charge on any atom is -0.393 e. The van der Waals surface area contributed by atoms with Gasteiger partial charge in [0.15, 0.2) is 17.5 Å². The van der Waals surface area contributed by atoms with E-state index in [4.69, 9.17) is 10.7 Å². The van der Waals surface area contributed by atoms with Gasteiger partial charge in [0.05, 0.1) is 29.8 Å². The van der Waals surface area contributed by atoms with Gasteiger partial charge in [0.25, 0.3) is 5.91 Å². The fraction of sp³-hybridized carbons (Fsp3) is 0.345. The standard InChI is InChI=1S/C29H30N6O4/c1-16(37)25-26(19-11-20-8-9-21(12-19)34(20)29(39)24(38)15-36)33-28-22(14-32-35(28)27(25)30)18-7-10-23(31-13-18)17-5-3-2-4-6-17/h2-7,10,13-14,19-21,24,36,38H,8-9,11-12,15,30H2,1H3/t19-,20-,21+,24-/m1/s1. The molecule has 39 heavy (non-hydrogen) atoms. The first-order chi connectivity index (χ1) is 18.9. The first-order valence-electron chi connectivity index (χ1n) is 13.2. The lowest BCUT2D eigenvalue weighted by Crippen LogP contribution is -2.51. The van der Waals surface area contributed by atoms with Gasteiger partial charge in [-0.2, -0.15) is 9.61 Å². The number of carbonyl (C=O) groups is 2. The number of aromatic nitrogens is 4. The summed E-state index contributed by atoms with van der Waals surface area (Å²) in [6, 6.07) is 13.6. The second kappa shape index (κ2) is 9.87. The number of amides is 1. The number of piperidine rings is 1. The van der Waals surface area contributed by atoms with Crippen molar-refractivity contribution >= 4 is 23.2 Å². The summed E-state index contributed by atoms with van der Waals surface area (Å²) in [6.07, 6.45) is 4.85. The number of hydrogen-bond donors (Lipinski definition) is 3. The van der Waals surface area contributed by atoms with Crippen molar-refractivity contribution in [1.82, 2.24) is 24.5 Å². The molecule has 0 saturated carbocycles. The largest absolute Gasteiger partial charge is 0.393 e. The number of pyridine rings is 1. The summed E-state index contributed by atoms with van der Waals surface area (Å²) < 4.78 is 1.51. The van der Waals surface area contributed by atoms with E-state index < -0.39 is 18.6 Å². The Morgan fingerprint density at radius 3 is 2.38 bits per heavy atom. The van der Waals surface area contributed by atoms with Crippen molar-refractivity contribution in [3.8, 4) is 22.4 Å². The molecule has 4 aromatic rings. The first kappa shape index (κ1) is 25.1. The highest BCUT2D eigenvalue weighted by Gasteiger charge is 2.46. The van der Waals surface area contributed by atoms with Crippen LogP contribution in [-0.2, 0) is 4.79 Å². The molecule has 10 heteroatoms. The summed E-state index contributed by atoms with van der Waals surface area (Å²) in [4.78, 5) is 36.9. The number of nitrogens with zero attached hydrogens (tertiary/aromatic N) is 5. The molecule has 1 aromatic carbocycles. The van der Waals surface area contributed by atoms with Gasteiger partial charge >= 0.3 is 0 Å². The van der Waals surface area contributed by atoms with Crippen LogP contribution >= 0.6 is 0 Å². The minimum atomic E-state index is -1.42. The Hall–Kier alpha value is -4.15. The average molecular weight is 527 g/mol. The Labute approximate surface area is 225 Å². The molecule has 3 aromatic heterocycles. The zero-order chi connectivity index (χ0) is 27.3. The van der Waals surface area contributed by atoms with E-state index in [0.717, 1.165) is 35.2 Å². The Morgan fingerprint density at radius 1 is 1.05 bits per heavy atom. The van der Waals surface area contributed by atoms with Gasteiger partial charge in [0.2, 0.25) is 0 Å². The molecule has 200 valence electrons.